The molecule has 0 aliphatic carbocycles. The summed E-state index contributed by atoms with van der Waals surface area (Å²) in [5.74, 6) is -0.950. The zero-order valence-corrected chi connectivity index (χ0v) is 12.8. The Morgan fingerprint density at radius 2 is 1.84 bits per heavy atom. The summed E-state index contributed by atoms with van der Waals surface area (Å²) in [6.07, 6.45) is 0. The van der Waals surface area contributed by atoms with Crippen LogP contribution >= 0.6 is 27.5 Å². The van der Waals surface area contributed by atoms with Gasteiger partial charge in [0.05, 0.1) is 10.6 Å². The topological polar surface area (TPSA) is 17.1 Å². The largest absolute Gasteiger partial charge is 0.288 e. The van der Waals surface area contributed by atoms with Crippen LogP contribution in [0.5, 0.6) is 0 Å². The zero-order chi connectivity index (χ0) is 14.2. The molecule has 0 saturated heterocycles. The third kappa shape index (κ3) is 2.88. The van der Waals surface area contributed by atoms with Crippen LogP contribution in [0.2, 0.25) is 5.02 Å². The Kier molecular flexibility index (Phi) is 4.07. The molecule has 0 N–H and O–H groups in total. The molecule has 98 valence electrons. The van der Waals surface area contributed by atoms with E-state index in [1.165, 1.54) is 12.1 Å². The summed E-state index contributed by atoms with van der Waals surface area (Å²) in [4.78, 5) is 12.3. The number of rotatable bonds is 2. The number of carbonyl (C=O) groups is 1. The highest BCUT2D eigenvalue weighted by molar-refractivity contribution is 9.10. The summed E-state index contributed by atoms with van der Waals surface area (Å²) in [6, 6.07) is 7.85. The zero-order valence-electron chi connectivity index (χ0n) is 10.4. The van der Waals surface area contributed by atoms with Gasteiger partial charge in [-0.2, -0.15) is 0 Å². The molecular formula is C15H11BrClFO. The molecule has 0 aliphatic rings. The molecule has 0 fully saturated rings. The summed E-state index contributed by atoms with van der Waals surface area (Å²) in [5, 5.41) is 0.314. The van der Waals surface area contributed by atoms with Gasteiger partial charge in [0, 0.05) is 10.0 Å². The maximum absolute atomic E-state index is 13.8. The Morgan fingerprint density at radius 3 is 2.47 bits per heavy atom. The minimum Gasteiger partial charge on any atom is -0.288 e. The Hall–Kier alpha value is -1.19. The lowest BCUT2D eigenvalue weighted by Crippen LogP contribution is -2.05. The van der Waals surface area contributed by atoms with Crippen molar-refractivity contribution in [3.8, 4) is 0 Å². The first-order chi connectivity index (χ1) is 8.90. The molecule has 0 aromatic heterocycles. The second kappa shape index (κ2) is 5.43. The van der Waals surface area contributed by atoms with Gasteiger partial charge in [0.1, 0.15) is 5.82 Å². The molecule has 0 atom stereocenters. The van der Waals surface area contributed by atoms with Gasteiger partial charge >= 0.3 is 0 Å². The minimum atomic E-state index is -0.584. The third-order valence-electron chi connectivity index (χ3n) is 3.02. The van der Waals surface area contributed by atoms with Crippen molar-refractivity contribution in [2.75, 3.05) is 0 Å². The van der Waals surface area contributed by atoms with E-state index < -0.39 is 5.82 Å². The molecule has 0 bridgehead atoms. The van der Waals surface area contributed by atoms with Crippen molar-refractivity contribution in [2.45, 2.75) is 13.8 Å². The molecule has 2 rings (SSSR count). The predicted octanol–water partition coefficient (Wildman–Crippen LogP) is 5.09. The number of ketones is 1. The van der Waals surface area contributed by atoms with Crippen LogP contribution in [0.1, 0.15) is 27.0 Å². The average molecular weight is 342 g/mol. The number of carbonyl (C=O) groups excluding carboxylic acids is 1. The highest BCUT2D eigenvalue weighted by Crippen LogP contribution is 2.27. The number of hydrogen-bond donors (Lipinski definition) is 0. The van der Waals surface area contributed by atoms with Crippen molar-refractivity contribution in [2.24, 2.45) is 0 Å². The average Bonchev–Trinajstić information content (AvgIpc) is 2.36. The molecule has 19 heavy (non-hydrogen) atoms. The number of aryl methyl sites for hydroxylation is 2. The highest BCUT2D eigenvalue weighted by Gasteiger charge is 2.16. The first-order valence-corrected chi connectivity index (χ1v) is 6.83. The standard InChI is InChI=1S/C15H11BrClFO/c1-8-3-4-10(5-9(8)2)15(19)11-6-13(17)12(16)7-14(11)18/h3-7H,1-2H3. The van der Waals surface area contributed by atoms with Gasteiger partial charge in [-0.3, -0.25) is 4.79 Å². The Labute approximate surface area is 124 Å². The van der Waals surface area contributed by atoms with Crippen molar-refractivity contribution in [3.63, 3.8) is 0 Å². The van der Waals surface area contributed by atoms with Gasteiger partial charge in [-0.15, -0.1) is 0 Å². The second-order valence-electron chi connectivity index (χ2n) is 4.37. The van der Waals surface area contributed by atoms with Crippen LogP contribution in [0.3, 0.4) is 0 Å². The van der Waals surface area contributed by atoms with Crippen molar-refractivity contribution in [1.29, 1.82) is 0 Å². The second-order valence-corrected chi connectivity index (χ2v) is 5.64. The Morgan fingerprint density at radius 1 is 1.16 bits per heavy atom. The van der Waals surface area contributed by atoms with E-state index in [0.717, 1.165) is 11.1 Å². The highest BCUT2D eigenvalue weighted by atomic mass is 79.9. The molecule has 0 heterocycles. The lowest BCUT2D eigenvalue weighted by Gasteiger charge is -2.07. The van der Waals surface area contributed by atoms with Gasteiger partial charge in [-0.05, 0) is 59.1 Å². The summed E-state index contributed by atoms with van der Waals surface area (Å²) >= 11 is 9.03. The number of hydrogen-bond acceptors (Lipinski definition) is 1. The van der Waals surface area contributed by atoms with E-state index in [1.54, 1.807) is 12.1 Å². The smallest absolute Gasteiger partial charge is 0.196 e. The van der Waals surface area contributed by atoms with Crippen LogP contribution in [0, 0.1) is 19.7 Å². The van der Waals surface area contributed by atoms with E-state index in [2.05, 4.69) is 15.9 Å². The van der Waals surface area contributed by atoms with Crippen LogP contribution in [-0.4, -0.2) is 5.78 Å². The van der Waals surface area contributed by atoms with Gasteiger partial charge in [0.2, 0.25) is 0 Å². The molecule has 0 amide bonds. The van der Waals surface area contributed by atoms with Gasteiger partial charge in [-0.25, -0.2) is 4.39 Å². The minimum absolute atomic E-state index is 0.0172. The van der Waals surface area contributed by atoms with E-state index in [4.69, 9.17) is 11.6 Å². The van der Waals surface area contributed by atoms with Crippen LogP contribution in [0.15, 0.2) is 34.8 Å². The fourth-order valence-corrected chi connectivity index (χ4v) is 2.21. The quantitative estimate of drug-likeness (QED) is 0.549. The third-order valence-corrected chi connectivity index (χ3v) is 4.22. The molecule has 0 spiro atoms. The van der Waals surface area contributed by atoms with Gasteiger partial charge in [0.25, 0.3) is 0 Å². The van der Waals surface area contributed by atoms with Crippen LogP contribution in [0.4, 0.5) is 4.39 Å². The monoisotopic (exact) mass is 340 g/mol. The van der Waals surface area contributed by atoms with Crippen molar-refractivity contribution < 1.29 is 9.18 Å². The lowest BCUT2D eigenvalue weighted by molar-refractivity contribution is 0.103. The Bertz CT molecular complexity index is 667. The molecular weight excluding hydrogens is 331 g/mol. The predicted molar refractivity (Wildman–Crippen MR) is 78.5 cm³/mol. The SMILES string of the molecule is Cc1ccc(C(=O)c2cc(Cl)c(Br)cc2F)cc1C. The molecule has 0 unspecified atom stereocenters. The molecule has 1 nitrogen and oxygen atoms in total. The van der Waals surface area contributed by atoms with Gasteiger partial charge in [-0.1, -0.05) is 23.7 Å². The first-order valence-electron chi connectivity index (χ1n) is 5.66. The normalized spacial score (nSPS) is 10.6. The van der Waals surface area contributed by atoms with Crippen LogP contribution in [-0.2, 0) is 0 Å². The summed E-state index contributed by atoms with van der Waals surface area (Å²) in [6.45, 7) is 3.87. The number of halogens is 3. The molecule has 2 aromatic rings. The van der Waals surface area contributed by atoms with Gasteiger partial charge in [0.15, 0.2) is 5.78 Å². The van der Waals surface area contributed by atoms with Crippen LogP contribution < -0.4 is 0 Å². The number of benzene rings is 2. The summed E-state index contributed by atoms with van der Waals surface area (Å²) < 4.78 is 14.3. The van der Waals surface area contributed by atoms with E-state index >= 15 is 0 Å². The van der Waals surface area contributed by atoms with E-state index in [1.807, 2.05) is 19.9 Å². The van der Waals surface area contributed by atoms with Crippen molar-refractivity contribution in [3.05, 3.63) is 67.9 Å². The van der Waals surface area contributed by atoms with Gasteiger partial charge < -0.3 is 0 Å². The van der Waals surface area contributed by atoms with Crippen molar-refractivity contribution >= 4 is 33.3 Å². The molecule has 0 aliphatic heterocycles. The van der Waals surface area contributed by atoms with E-state index in [0.29, 0.717) is 15.1 Å². The summed E-state index contributed by atoms with van der Waals surface area (Å²) in [7, 11) is 0. The van der Waals surface area contributed by atoms with Crippen molar-refractivity contribution in [1.82, 2.24) is 0 Å². The van der Waals surface area contributed by atoms with E-state index in [-0.39, 0.29) is 11.3 Å². The van der Waals surface area contributed by atoms with E-state index in [9.17, 15) is 9.18 Å². The maximum atomic E-state index is 13.8. The molecule has 0 radical (unpaired) electrons. The lowest BCUT2D eigenvalue weighted by atomic mass is 9.99. The first kappa shape index (κ1) is 14.2. The Balaban J connectivity index is 2.49. The fourth-order valence-electron chi connectivity index (χ4n) is 1.73. The molecule has 4 heteroatoms. The summed E-state index contributed by atoms with van der Waals surface area (Å²) in [5.41, 5.74) is 2.53. The maximum Gasteiger partial charge on any atom is 0.196 e. The molecule has 0 saturated carbocycles. The van der Waals surface area contributed by atoms with Crippen LogP contribution in [0.25, 0.3) is 0 Å². The fraction of sp³-hybridized carbons (Fsp3) is 0.133. The molecule has 2 aromatic carbocycles.